The second kappa shape index (κ2) is 9.06. The van der Waals surface area contributed by atoms with Crippen LogP contribution in [0.2, 0.25) is 0 Å². The van der Waals surface area contributed by atoms with E-state index in [1.165, 1.54) is 12.8 Å². The number of hydrogen-bond donors (Lipinski definition) is 2. The molecule has 2 fully saturated rings. The molecule has 0 saturated carbocycles. The number of nitrogens with one attached hydrogen (secondary N) is 1. The maximum absolute atomic E-state index is 11.4. The Bertz CT molecular complexity index is 668. The van der Waals surface area contributed by atoms with E-state index in [1.807, 2.05) is 19.3 Å². The van der Waals surface area contributed by atoms with Crippen molar-refractivity contribution in [1.82, 2.24) is 15.2 Å². The lowest BCUT2D eigenvalue weighted by Crippen LogP contribution is -2.46. The average molecular weight is 373 g/mol. The first kappa shape index (κ1) is 19.5. The minimum atomic E-state index is -0.183. The van der Waals surface area contributed by atoms with Gasteiger partial charge in [-0.2, -0.15) is 0 Å². The molecule has 3 N–H and O–H groups in total. The molecule has 0 aromatic carbocycles. The van der Waals surface area contributed by atoms with Gasteiger partial charge in [0.15, 0.2) is 5.96 Å². The Morgan fingerprint density at radius 2 is 2.11 bits per heavy atom. The Balaban J connectivity index is 1.63. The van der Waals surface area contributed by atoms with E-state index in [0.717, 1.165) is 56.4 Å². The van der Waals surface area contributed by atoms with Gasteiger partial charge < -0.3 is 20.9 Å². The standard InChI is InChI=1S/C20H32N6O/c1-15-5-4-10-26(14-15)20(22-2)24-13-17-6-3-9-23-19(17)25-11-7-16(8-12-25)18(21)27/h3,6,9,15-16H,4-5,7-8,10-14H2,1-2H3,(H2,21,27)(H,22,24). The van der Waals surface area contributed by atoms with Crippen LogP contribution >= 0.6 is 0 Å². The highest BCUT2D eigenvalue weighted by Gasteiger charge is 2.25. The summed E-state index contributed by atoms with van der Waals surface area (Å²) < 4.78 is 0. The Morgan fingerprint density at radius 1 is 1.33 bits per heavy atom. The number of guanidine groups is 1. The largest absolute Gasteiger partial charge is 0.369 e. The molecule has 0 radical (unpaired) electrons. The van der Waals surface area contributed by atoms with Crippen LogP contribution in [0.25, 0.3) is 0 Å². The van der Waals surface area contributed by atoms with Gasteiger partial charge in [-0.3, -0.25) is 9.79 Å². The molecule has 3 heterocycles. The lowest BCUT2D eigenvalue weighted by Gasteiger charge is -2.34. The normalized spacial score (nSPS) is 22.0. The molecular weight excluding hydrogens is 340 g/mol. The van der Waals surface area contributed by atoms with Gasteiger partial charge in [0.1, 0.15) is 5.82 Å². The number of carbonyl (C=O) groups is 1. The van der Waals surface area contributed by atoms with Gasteiger partial charge in [-0.1, -0.05) is 13.0 Å². The summed E-state index contributed by atoms with van der Waals surface area (Å²) in [5.41, 5.74) is 6.61. The maximum Gasteiger partial charge on any atom is 0.220 e. The predicted octanol–water partition coefficient (Wildman–Crippen LogP) is 1.59. The number of primary amides is 1. The topological polar surface area (TPSA) is 86.9 Å². The summed E-state index contributed by atoms with van der Waals surface area (Å²) in [4.78, 5) is 25.1. The minimum Gasteiger partial charge on any atom is -0.369 e. The number of aromatic nitrogens is 1. The molecule has 1 aromatic rings. The molecule has 2 aliphatic rings. The smallest absolute Gasteiger partial charge is 0.220 e. The Kier molecular flexibility index (Phi) is 6.53. The highest BCUT2D eigenvalue weighted by atomic mass is 16.1. The number of nitrogens with zero attached hydrogens (tertiary/aromatic N) is 4. The highest BCUT2D eigenvalue weighted by molar-refractivity contribution is 5.80. The average Bonchev–Trinajstić information content (AvgIpc) is 2.69. The third-order valence-corrected chi connectivity index (χ3v) is 5.67. The van der Waals surface area contributed by atoms with Crippen molar-refractivity contribution in [3.05, 3.63) is 23.9 Å². The van der Waals surface area contributed by atoms with Crippen molar-refractivity contribution in [2.45, 2.75) is 39.2 Å². The fraction of sp³-hybridized carbons (Fsp3) is 0.650. The SMILES string of the molecule is CN=C(NCc1cccnc1N1CCC(C(N)=O)CC1)N1CCCC(C)C1. The first-order valence-electron chi connectivity index (χ1n) is 10.0. The number of aliphatic imine (C=N–C) groups is 1. The highest BCUT2D eigenvalue weighted by Crippen LogP contribution is 2.24. The van der Waals surface area contributed by atoms with Gasteiger partial charge in [0, 0.05) is 57.4 Å². The van der Waals surface area contributed by atoms with Gasteiger partial charge in [0.2, 0.25) is 5.91 Å². The summed E-state index contributed by atoms with van der Waals surface area (Å²) in [6.45, 7) is 6.74. The van der Waals surface area contributed by atoms with Crippen LogP contribution in [0.15, 0.2) is 23.3 Å². The van der Waals surface area contributed by atoms with Crippen LogP contribution in [0.5, 0.6) is 0 Å². The second-order valence-corrected chi connectivity index (χ2v) is 7.74. The zero-order chi connectivity index (χ0) is 19.2. The van der Waals surface area contributed by atoms with Crippen molar-refractivity contribution >= 4 is 17.7 Å². The number of rotatable bonds is 4. The fourth-order valence-electron chi connectivity index (χ4n) is 4.12. The van der Waals surface area contributed by atoms with Crippen LogP contribution in [0.4, 0.5) is 5.82 Å². The minimum absolute atomic E-state index is 0.00791. The van der Waals surface area contributed by atoms with E-state index < -0.39 is 0 Å². The first-order valence-corrected chi connectivity index (χ1v) is 10.0. The van der Waals surface area contributed by atoms with Crippen molar-refractivity contribution in [2.24, 2.45) is 22.6 Å². The number of nitrogens with two attached hydrogens (primary N) is 1. The molecule has 1 amide bonds. The molecule has 7 nitrogen and oxygen atoms in total. The molecule has 0 bridgehead atoms. The van der Waals surface area contributed by atoms with Crippen LogP contribution in [0, 0.1) is 11.8 Å². The molecule has 2 saturated heterocycles. The van der Waals surface area contributed by atoms with Crippen molar-refractivity contribution in [1.29, 1.82) is 0 Å². The summed E-state index contributed by atoms with van der Waals surface area (Å²) in [5, 5.41) is 3.52. The zero-order valence-electron chi connectivity index (χ0n) is 16.5. The van der Waals surface area contributed by atoms with E-state index in [0.29, 0.717) is 12.5 Å². The van der Waals surface area contributed by atoms with Crippen molar-refractivity contribution < 1.29 is 4.79 Å². The summed E-state index contributed by atoms with van der Waals surface area (Å²) in [5.74, 6) is 2.47. The Hall–Kier alpha value is -2.31. The maximum atomic E-state index is 11.4. The number of anilines is 1. The van der Waals surface area contributed by atoms with Crippen LogP contribution < -0.4 is 16.0 Å². The molecule has 148 valence electrons. The third kappa shape index (κ3) is 4.90. The van der Waals surface area contributed by atoms with Gasteiger partial charge in [-0.25, -0.2) is 4.98 Å². The van der Waals surface area contributed by atoms with Gasteiger partial charge in [-0.15, -0.1) is 0 Å². The number of pyridine rings is 1. The summed E-state index contributed by atoms with van der Waals surface area (Å²) >= 11 is 0. The van der Waals surface area contributed by atoms with E-state index in [4.69, 9.17) is 5.73 Å². The monoisotopic (exact) mass is 372 g/mol. The Morgan fingerprint density at radius 3 is 2.78 bits per heavy atom. The van der Waals surface area contributed by atoms with Crippen LogP contribution in [0.1, 0.15) is 38.2 Å². The molecule has 3 rings (SSSR count). The predicted molar refractivity (Wildman–Crippen MR) is 109 cm³/mol. The van der Waals surface area contributed by atoms with Gasteiger partial charge >= 0.3 is 0 Å². The van der Waals surface area contributed by atoms with Crippen molar-refractivity contribution in [3.63, 3.8) is 0 Å². The second-order valence-electron chi connectivity index (χ2n) is 7.74. The molecule has 1 unspecified atom stereocenters. The molecular formula is C20H32N6O. The van der Waals surface area contributed by atoms with E-state index in [1.54, 1.807) is 0 Å². The lowest BCUT2D eigenvalue weighted by atomic mass is 9.96. The third-order valence-electron chi connectivity index (χ3n) is 5.67. The fourth-order valence-corrected chi connectivity index (χ4v) is 4.12. The number of amides is 1. The number of carbonyl (C=O) groups excluding carboxylic acids is 1. The van der Waals surface area contributed by atoms with Crippen LogP contribution in [-0.2, 0) is 11.3 Å². The molecule has 0 spiro atoms. The van der Waals surface area contributed by atoms with Gasteiger partial charge in [0.25, 0.3) is 0 Å². The van der Waals surface area contributed by atoms with E-state index in [9.17, 15) is 4.79 Å². The lowest BCUT2D eigenvalue weighted by molar-refractivity contribution is -0.122. The first-order chi connectivity index (χ1) is 13.1. The molecule has 2 aliphatic heterocycles. The van der Waals surface area contributed by atoms with Crippen molar-refractivity contribution in [2.75, 3.05) is 38.1 Å². The quantitative estimate of drug-likeness (QED) is 0.619. The zero-order valence-corrected chi connectivity index (χ0v) is 16.5. The molecule has 1 atom stereocenters. The molecule has 27 heavy (non-hydrogen) atoms. The Labute approximate surface area is 162 Å². The van der Waals surface area contributed by atoms with Crippen LogP contribution in [-0.4, -0.2) is 55.0 Å². The van der Waals surface area contributed by atoms with E-state index >= 15 is 0 Å². The van der Waals surface area contributed by atoms with Crippen molar-refractivity contribution in [3.8, 4) is 0 Å². The molecule has 1 aromatic heterocycles. The summed E-state index contributed by atoms with van der Waals surface area (Å²) in [6, 6.07) is 4.09. The number of piperidine rings is 2. The molecule has 0 aliphatic carbocycles. The molecule has 7 heteroatoms. The van der Waals surface area contributed by atoms with E-state index in [-0.39, 0.29) is 11.8 Å². The summed E-state index contributed by atoms with van der Waals surface area (Å²) in [6.07, 6.45) is 5.94. The van der Waals surface area contributed by atoms with Crippen LogP contribution in [0.3, 0.4) is 0 Å². The van der Waals surface area contributed by atoms with Gasteiger partial charge in [-0.05, 0) is 37.7 Å². The van der Waals surface area contributed by atoms with E-state index in [2.05, 4.69) is 38.1 Å². The summed E-state index contributed by atoms with van der Waals surface area (Å²) in [7, 11) is 1.85. The van der Waals surface area contributed by atoms with Gasteiger partial charge in [0.05, 0.1) is 0 Å². The number of likely N-dealkylation sites (tertiary alicyclic amines) is 1. The number of hydrogen-bond acceptors (Lipinski definition) is 4.